The Morgan fingerprint density at radius 2 is 2.14 bits per heavy atom. The normalized spacial score (nSPS) is 18.2. The maximum absolute atomic E-state index is 11.2. The highest BCUT2D eigenvalue weighted by Crippen LogP contribution is 2.41. The molecule has 1 unspecified atom stereocenters. The molecular formula is C14H23N3O3S. The van der Waals surface area contributed by atoms with Crippen LogP contribution >= 0.6 is 11.3 Å². The molecule has 1 aromatic heterocycles. The first-order chi connectivity index (χ1) is 9.88. The molecule has 1 aliphatic rings. The van der Waals surface area contributed by atoms with Crippen molar-refractivity contribution in [2.75, 3.05) is 38.6 Å². The molecule has 1 fully saturated rings. The van der Waals surface area contributed by atoms with Crippen LogP contribution in [0.1, 0.15) is 30.7 Å². The average Bonchev–Trinajstić information content (AvgIpc) is 2.84. The van der Waals surface area contributed by atoms with Gasteiger partial charge in [-0.1, -0.05) is 0 Å². The number of hydrogen-bond acceptors (Lipinski definition) is 6. The van der Waals surface area contributed by atoms with Crippen LogP contribution in [0.3, 0.4) is 0 Å². The molecule has 0 aromatic carbocycles. The first-order valence-electron chi connectivity index (χ1n) is 7.24. The van der Waals surface area contributed by atoms with Gasteiger partial charge in [-0.25, -0.2) is 0 Å². The van der Waals surface area contributed by atoms with E-state index < -0.39 is 6.10 Å². The number of nitrogens with zero attached hydrogens (tertiary/aromatic N) is 3. The van der Waals surface area contributed by atoms with Crippen LogP contribution in [-0.4, -0.2) is 48.7 Å². The first kappa shape index (κ1) is 16.2. The Hall–Kier alpha value is -1.18. The lowest BCUT2D eigenvalue weighted by molar-refractivity contribution is -0.383. The van der Waals surface area contributed by atoms with E-state index in [1.165, 1.54) is 17.4 Å². The van der Waals surface area contributed by atoms with Crippen LogP contribution < -0.4 is 4.90 Å². The van der Waals surface area contributed by atoms with E-state index in [4.69, 9.17) is 0 Å². The highest BCUT2D eigenvalue weighted by Gasteiger charge is 2.28. The zero-order chi connectivity index (χ0) is 15.6. The molecule has 2 rings (SSSR count). The fourth-order valence-electron chi connectivity index (χ4n) is 2.79. The monoisotopic (exact) mass is 313 g/mol. The van der Waals surface area contributed by atoms with Crippen molar-refractivity contribution < 1.29 is 10.0 Å². The number of hydrogen-bond donors (Lipinski definition) is 1. The summed E-state index contributed by atoms with van der Waals surface area (Å²) in [4.78, 5) is 15.8. The Kier molecular flexibility index (Phi) is 5.18. The largest absolute Gasteiger partial charge is 0.388 e. The van der Waals surface area contributed by atoms with Gasteiger partial charge in [-0.05, 0) is 39.8 Å². The van der Waals surface area contributed by atoms with E-state index in [0.717, 1.165) is 32.5 Å². The van der Waals surface area contributed by atoms with Gasteiger partial charge in [0.25, 0.3) is 0 Å². The van der Waals surface area contributed by atoms with Gasteiger partial charge in [0.2, 0.25) is 0 Å². The highest BCUT2D eigenvalue weighted by molar-refractivity contribution is 7.16. The van der Waals surface area contributed by atoms with Crippen molar-refractivity contribution in [3.05, 3.63) is 21.1 Å². The summed E-state index contributed by atoms with van der Waals surface area (Å²) >= 11 is 1.34. The minimum Gasteiger partial charge on any atom is -0.388 e. The predicted molar refractivity (Wildman–Crippen MR) is 85.1 cm³/mol. The summed E-state index contributed by atoms with van der Waals surface area (Å²) in [5.74, 6) is 0.659. The second-order valence-corrected chi connectivity index (χ2v) is 7.03. The lowest BCUT2D eigenvalue weighted by Crippen LogP contribution is -2.36. The third kappa shape index (κ3) is 3.93. The lowest BCUT2D eigenvalue weighted by atomic mass is 9.96. The van der Waals surface area contributed by atoms with Gasteiger partial charge >= 0.3 is 5.69 Å². The fraction of sp³-hybridized carbons (Fsp3) is 0.714. The highest BCUT2D eigenvalue weighted by atomic mass is 32.1. The molecule has 0 aliphatic carbocycles. The Labute approximate surface area is 129 Å². The van der Waals surface area contributed by atoms with Gasteiger partial charge in [-0.15, -0.1) is 11.3 Å². The van der Waals surface area contributed by atoms with Gasteiger partial charge in [0.15, 0.2) is 5.00 Å². The Balaban J connectivity index is 2.10. The zero-order valence-corrected chi connectivity index (χ0v) is 13.6. The van der Waals surface area contributed by atoms with E-state index in [1.807, 2.05) is 0 Å². The van der Waals surface area contributed by atoms with E-state index >= 15 is 0 Å². The van der Waals surface area contributed by atoms with E-state index in [2.05, 4.69) is 23.9 Å². The molecule has 0 amide bonds. The summed E-state index contributed by atoms with van der Waals surface area (Å²) in [5, 5.41) is 21.5. The molecule has 1 N–H and O–H groups in total. The molecule has 0 radical (unpaired) electrons. The summed E-state index contributed by atoms with van der Waals surface area (Å²) in [6.07, 6.45) is 1.45. The maximum atomic E-state index is 11.2. The third-order valence-electron chi connectivity index (χ3n) is 3.85. The van der Waals surface area contributed by atoms with E-state index in [9.17, 15) is 15.2 Å². The Morgan fingerprint density at radius 3 is 2.62 bits per heavy atom. The molecular weight excluding hydrogens is 290 g/mol. The SMILES string of the molecule is CC(O)c1cc([N+](=O)[O-])c(N2CCC(CN(C)C)CC2)s1. The molecule has 118 valence electrons. The van der Waals surface area contributed by atoms with Crippen LogP contribution in [0.25, 0.3) is 0 Å². The van der Waals surface area contributed by atoms with Crippen molar-refractivity contribution in [3.63, 3.8) is 0 Å². The molecule has 6 nitrogen and oxygen atoms in total. The number of nitro groups is 1. The van der Waals surface area contributed by atoms with Gasteiger partial charge in [0.05, 0.1) is 11.0 Å². The van der Waals surface area contributed by atoms with Gasteiger partial charge < -0.3 is 14.9 Å². The van der Waals surface area contributed by atoms with Gasteiger partial charge in [-0.2, -0.15) is 0 Å². The first-order valence-corrected chi connectivity index (χ1v) is 8.06. The van der Waals surface area contributed by atoms with E-state index in [0.29, 0.717) is 15.8 Å². The van der Waals surface area contributed by atoms with Crippen LogP contribution in [-0.2, 0) is 0 Å². The molecule has 0 bridgehead atoms. The van der Waals surface area contributed by atoms with Crippen molar-refractivity contribution in [1.29, 1.82) is 0 Å². The molecule has 21 heavy (non-hydrogen) atoms. The summed E-state index contributed by atoms with van der Waals surface area (Å²) in [5.41, 5.74) is 0.127. The third-order valence-corrected chi connectivity index (χ3v) is 5.20. The van der Waals surface area contributed by atoms with Crippen LogP contribution in [0.4, 0.5) is 10.7 Å². The standard InChI is InChI=1S/C14H23N3O3S/c1-10(18)13-8-12(17(19)20)14(21-13)16-6-4-11(5-7-16)9-15(2)3/h8,10-11,18H,4-7,9H2,1-3H3. The molecule has 1 atom stereocenters. The Morgan fingerprint density at radius 1 is 1.52 bits per heavy atom. The summed E-state index contributed by atoms with van der Waals surface area (Å²) < 4.78 is 0. The van der Waals surface area contributed by atoms with Gasteiger partial charge in [0.1, 0.15) is 0 Å². The van der Waals surface area contributed by atoms with Crippen molar-refractivity contribution in [1.82, 2.24) is 4.90 Å². The molecule has 7 heteroatoms. The second-order valence-electron chi connectivity index (χ2n) is 5.96. The van der Waals surface area contributed by atoms with Crippen molar-refractivity contribution in [3.8, 4) is 0 Å². The van der Waals surface area contributed by atoms with Crippen LogP contribution in [0, 0.1) is 16.0 Å². The molecule has 1 saturated heterocycles. The topological polar surface area (TPSA) is 69.8 Å². The number of thiophene rings is 1. The van der Waals surface area contributed by atoms with Gasteiger partial charge in [-0.3, -0.25) is 10.1 Å². The molecule has 0 saturated carbocycles. The minimum atomic E-state index is -0.659. The summed E-state index contributed by atoms with van der Waals surface area (Å²) in [7, 11) is 4.15. The van der Waals surface area contributed by atoms with Crippen LogP contribution in [0.15, 0.2) is 6.07 Å². The number of rotatable bonds is 5. The van der Waals surface area contributed by atoms with E-state index in [1.54, 1.807) is 6.92 Å². The Bertz CT molecular complexity index is 494. The van der Waals surface area contributed by atoms with E-state index in [-0.39, 0.29) is 10.6 Å². The number of aliphatic hydroxyl groups is 1. The molecule has 1 aromatic rings. The van der Waals surface area contributed by atoms with Crippen LogP contribution in [0.2, 0.25) is 0 Å². The second kappa shape index (κ2) is 6.72. The smallest absolute Gasteiger partial charge is 0.304 e. The quantitative estimate of drug-likeness (QED) is 0.668. The number of aliphatic hydroxyl groups excluding tert-OH is 1. The van der Waals surface area contributed by atoms with Gasteiger partial charge in [0, 0.05) is 30.6 Å². The summed E-state index contributed by atoms with van der Waals surface area (Å²) in [6, 6.07) is 1.51. The molecule has 2 heterocycles. The maximum Gasteiger partial charge on any atom is 0.304 e. The van der Waals surface area contributed by atoms with Crippen molar-refractivity contribution >= 4 is 22.0 Å². The molecule has 0 spiro atoms. The zero-order valence-electron chi connectivity index (χ0n) is 12.8. The van der Waals surface area contributed by atoms with Crippen molar-refractivity contribution in [2.45, 2.75) is 25.9 Å². The predicted octanol–water partition coefficient (Wildman–Crippen LogP) is 2.49. The average molecular weight is 313 g/mol. The summed E-state index contributed by atoms with van der Waals surface area (Å²) in [6.45, 7) is 4.40. The fourth-order valence-corrected chi connectivity index (χ4v) is 3.90. The lowest BCUT2D eigenvalue weighted by Gasteiger charge is -2.33. The molecule has 1 aliphatic heterocycles. The van der Waals surface area contributed by atoms with Crippen LogP contribution in [0.5, 0.6) is 0 Å². The minimum absolute atomic E-state index is 0.127. The van der Waals surface area contributed by atoms with Crippen molar-refractivity contribution in [2.24, 2.45) is 5.92 Å². The number of piperidine rings is 1. The number of anilines is 1.